The molecule has 0 bridgehead atoms. The predicted octanol–water partition coefficient (Wildman–Crippen LogP) is -0.350. The summed E-state index contributed by atoms with van der Waals surface area (Å²) in [5, 5.41) is 14.5. The molecule has 0 aromatic carbocycles. The average molecular weight is 257 g/mol. The first kappa shape index (κ1) is 14.9. The highest BCUT2D eigenvalue weighted by molar-refractivity contribution is 5.82. The van der Waals surface area contributed by atoms with Crippen molar-refractivity contribution in [1.29, 1.82) is 0 Å². The molecule has 1 rings (SSSR count). The number of nitrogens with one attached hydrogen (secondary N) is 2. The molecular formula is C12H23N3O3. The SMILES string of the molecule is CCN1CCCC1CNCC(NC(C)=O)C(=O)O. The summed E-state index contributed by atoms with van der Waals surface area (Å²) in [6.45, 7) is 6.65. The van der Waals surface area contributed by atoms with Crippen LogP contribution >= 0.6 is 0 Å². The molecule has 18 heavy (non-hydrogen) atoms. The van der Waals surface area contributed by atoms with Gasteiger partial charge in [-0.25, -0.2) is 4.79 Å². The van der Waals surface area contributed by atoms with E-state index in [1.807, 2.05) is 0 Å². The average Bonchev–Trinajstić information content (AvgIpc) is 2.74. The number of hydrogen-bond acceptors (Lipinski definition) is 4. The first-order valence-electron chi connectivity index (χ1n) is 6.49. The van der Waals surface area contributed by atoms with Crippen LogP contribution in [0.1, 0.15) is 26.7 Å². The number of hydrogen-bond donors (Lipinski definition) is 3. The number of likely N-dealkylation sites (N-methyl/N-ethyl adjacent to an activating group) is 1. The highest BCUT2D eigenvalue weighted by Gasteiger charge is 2.23. The summed E-state index contributed by atoms with van der Waals surface area (Å²) in [5.41, 5.74) is 0. The molecule has 0 radical (unpaired) electrons. The highest BCUT2D eigenvalue weighted by Crippen LogP contribution is 2.15. The second-order valence-electron chi connectivity index (χ2n) is 4.67. The van der Waals surface area contributed by atoms with Gasteiger partial charge in [0.15, 0.2) is 0 Å². The highest BCUT2D eigenvalue weighted by atomic mass is 16.4. The lowest BCUT2D eigenvalue weighted by atomic mass is 10.2. The molecule has 1 saturated heterocycles. The van der Waals surface area contributed by atoms with Crippen LogP contribution in [-0.2, 0) is 9.59 Å². The maximum Gasteiger partial charge on any atom is 0.327 e. The van der Waals surface area contributed by atoms with Crippen LogP contribution in [0.15, 0.2) is 0 Å². The molecule has 1 heterocycles. The van der Waals surface area contributed by atoms with E-state index in [-0.39, 0.29) is 12.5 Å². The molecule has 3 N–H and O–H groups in total. The molecule has 2 unspecified atom stereocenters. The molecule has 1 amide bonds. The van der Waals surface area contributed by atoms with Crippen LogP contribution in [0.5, 0.6) is 0 Å². The largest absolute Gasteiger partial charge is 0.480 e. The molecule has 1 aliphatic rings. The summed E-state index contributed by atoms with van der Waals surface area (Å²) in [7, 11) is 0. The minimum absolute atomic E-state index is 0.267. The van der Waals surface area contributed by atoms with Crippen molar-refractivity contribution in [2.45, 2.75) is 38.8 Å². The summed E-state index contributed by atoms with van der Waals surface area (Å²) in [4.78, 5) is 24.2. The van der Waals surface area contributed by atoms with E-state index >= 15 is 0 Å². The molecule has 0 spiro atoms. The van der Waals surface area contributed by atoms with Gasteiger partial charge in [0, 0.05) is 26.1 Å². The molecule has 2 atom stereocenters. The van der Waals surface area contributed by atoms with Crippen molar-refractivity contribution in [3.05, 3.63) is 0 Å². The van der Waals surface area contributed by atoms with Crippen molar-refractivity contribution in [1.82, 2.24) is 15.5 Å². The Morgan fingerprint density at radius 3 is 2.78 bits per heavy atom. The Morgan fingerprint density at radius 1 is 1.50 bits per heavy atom. The van der Waals surface area contributed by atoms with Crippen LogP contribution in [0.2, 0.25) is 0 Å². The van der Waals surface area contributed by atoms with E-state index in [9.17, 15) is 9.59 Å². The van der Waals surface area contributed by atoms with Crippen molar-refractivity contribution >= 4 is 11.9 Å². The lowest BCUT2D eigenvalue weighted by Gasteiger charge is -2.24. The van der Waals surface area contributed by atoms with E-state index in [2.05, 4.69) is 22.5 Å². The number of carboxylic acids is 1. The maximum absolute atomic E-state index is 10.9. The van der Waals surface area contributed by atoms with Gasteiger partial charge in [0.1, 0.15) is 6.04 Å². The molecule has 1 fully saturated rings. The fourth-order valence-corrected chi connectivity index (χ4v) is 2.38. The van der Waals surface area contributed by atoms with Crippen LogP contribution in [0.3, 0.4) is 0 Å². The van der Waals surface area contributed by atoms with Gasteiger partial charge in [0.2, 0.25) is 5.91 Å². The Kier molecular flexibility index (Phi) is 6.07. The van der Waals surface area contributed by atoms with E-state index < -0.39 is 12.0 Å². The third kappa shape index (κ3) is 4.62. The Labute approximate surface area is 108 Å². The molecule has 104 valence electrons. The Morgan fingerprint density at radius 2 is 2.22 bits per heavy atom. The van der Waals surface area contributed by atoms with Gasteiger partial charge in [-0.1, -0.05) is 6.92 Å². The summed E-state index contributed by atoms with van der Waals surface area (Å²) in [5.74, 6) is -1.32. The Balaban J connectivity index is 2.30. The van der Waals surface area contributed by atoms with Crippen LogP contribution in [0.4, 0.5) is 0 Å². The number of aliphatic carboxylic acids is 1. The summed E-state index contributed by atoms with van der Waals surface area (Å²) >= 11 is 0. The van der Waals surface area contributed by atoms with Gasteiger partial charge in [-0.3, -0.25) is 9.69 Å². The lowest BCUT2D eigenvalue weighted by Crippen LogP contribution is -2.48. The Bertz CT molecular complexity index is 296. The topological polar surface area (TPSA) is 81.7 Å². The van der Waals surface area contributed by atoms with Gasteiger partial charge < -0.3 is 15.7 Å². The second-order valence-corrected chi connectivity index (χ2v) is 4.67. The molecule has 6 nitrogen and oxygen atoms in total. The van der Waals surface area contributed by atoms with Crippen LogP contribution < -0.4 is 10.6 Å². The lowest BCUT2D eigenvalue weighted by molar-refractivity contribution is -0.141. The van der Waals surface area contributed by atoms with E-state index in [1.165, 1.54) is 13.3 Å². The van der Waals surface area contributed by atoms with Crippen molar-refractivity contribution in [3.63, 3.8) is 0 Å². The molecule has 1 aliphatic heterocycles. The summed E-state index contributed by atoms with van der Waals surface area (Å²) in [6.07, 6.45) is 2.35. The molecular weight excluding hydrogens is 234 g/mol. The number of amides is 1. The van der Waals surface area contributed by atoms with E-state index in [4.69, 9.17) is 5.11 Å². The quantitative estimate of drug-likeness (QED) is 0.581. The standard InChI is InChI=1S/C12H23N3O3/c1-3-15-6-4-5-10(15)7-13-8-11(12(17)18)14-9(2)16/h10-11,13H,3-8H2,1-2H3,(H,14,16)(H,17,18). The van der Waals surface area contributed by atoms with Crippen molar-refractivity contribution in [2.75, 3.05) is 26.2 Å². The number of nitrogens with zero attached hydrogens (tertiary/aromatic N) is 1. The van der Waals surface area contributed by atoms with Gasteiger partial charge >= 0.3 is 5.97 Å². The zero-order chi connectivity index (χ0) is 13.5. The monoisotopic (exact) mass is 257 g/mol. The molecule has 0 aliphatic carbocycles. The third-order valence-corrected chi connectivity index (χ3v) is 3.31. The molecule has 0 aromatic heterocycles. The van der Waals surface area contributed by atoms with Gasteiger partial charge in [-0.15, -0.1) is 0 Å². The van der Waals surface area contributed by atoms with Crippen LogP contribution in [-0.4, -0.2) is 60.1 Å². The van der Waals surface area contributed by atoms with Gasteiger partial charge in [-0.05, 0) is 25.9 Å². The fourth-order valence-electron chi connectivity index (χ4n) is 2.38. The zero-order valence-corrected chi connectivity index (χ0v) is 11.1. The van der Waals surface area contributed by atoms with E-state index in [1.54, 1.807) is 0 Å². The number of rotatable bonds is 7. The van der Waals surface area contributed by atoms with Gasteiger partial charge in [0.05, 0.1) is 0 Å². The van der Waals surface area contributed by atoms with Gasteiger partial charge in [0.25, 0.3) is 0 Å². The minimum atomic E-state index is -1.00. The first-order chi connectivity index (χ1) is 8.54. The van der Waals surface area contributed by atoms with E-state index in [0.29, 0.717) is 6.04 Å². The molecule has 0 aromatic rings. The molecule has 6 heteroatoms. The number of carboxylic acid groups (broad SMARTS) is 1. The van der Waals surface area contributed by atoms with Crippen molar-refractivity contribution in [3.8, 4) is 0 Å². The van der Waals surface area contributed by atoms with Crippen molar-refractivity contribution < 1.29 is 14.7 Å². The zero-order valence-electron chi connectivity index (χ0n) is 11.1. The third-order valence-electron chi connectivity index (χ3n) is 3.31. The number of likely N-dealkylation sites (tertiary alicyclic amines) is 1. The normalized spacial score (nSPS) is 21.8. The summed E-state index contributed by atoms with van der Waals surface area (Å²) in [6, 6.07) is -0.360. The number of carbonyl (C=O) groups excluding carboxylic acids is 1. The first-order valence-corrected chi connectivity index (χ1v) is 6.49. The van der Waals surface area contributed by atoms with Crippen LogP contribution in [0, 0.1) is 0 Å². The fraction of sp³-hybridized carbons (Fsp3) is 0.833. The number of carbonyl (C=O) groups is 2. The van der Waals surface area contributed by atoms with Crippen molar-refractivity contribution in [2.24, 2.45) is 0 Å². The maximum atomic E-state index is 10.9. The summed E-state index contributed by atoms with van der Waals surface area (Å²) < 4.78 is 0. The smallest absolute Gasteiger partial charge is 0.327 e. The molecule has 0 saturated carbocycles. The van der Waals surface area contributed by atoms with Crippen LogP contribution in [0.25, 0.3) is 0 Å². The predicted molar refractivity (Wildman–Crippen MR) is 68.4 cm³/mol. The van der Waals surface area contributed by atoms with Gasteiger partial charge in [-0.2, -0.15) is 0 Å². The second kappa shape index (κ2) is 7.33. The minimum Gasteiger partial charge on any atom is -0.480 e. The van der Waals surface area contributed by atoms with E-state index in [0.717, 1.165) is 26.1 Å². The Hall–Kier alpha value is -1.14.